The van der Waals surface area contributed by atoms with Crippen molar-refractivity contribution in [2.24, 2.45) is 0 Å². The van der Waals surface area contributed by atoms with E-state index in [1.54, 1.807) is 0 Å². The normalized spacial score (nSPS) is 10.7. The number of nitrogens with zero attached hydrogens (tertiary/aromatic N) is 4. The van der Waals surface area contributed by atoms with E-state index in [2.05, 4.69) is 31.8 Å². The molecule has 0 aliphatic rings. The van der Waals surface area contributed by atoms with Crippen LogP contribution in [0.15, 0.2) is 67.1 Å². The number of amides is 1. The van der Waals surface area contributed by atoms with Crippen molar-refractivity contribution in [3.8, 4) is 5.82 Å². The maximum atomic E-state index is 14.4. The molecule has 2 N–H and O–H groups in total. The van der Waals surface area contributed by atoms with Crippen molar-refractivity contribution in [2.45, 2.75) is 20.4 Å². The Balaban J connectivity index is 1.51. The number of rotatable bonds is 6. The zero-order valence-electron chi connectivity index (χ0n) is 17.1. The molecule has 0 saturated carbocycles. The van der Waals surface area contributed by atoms with Gasteiger partial charge < -0.3 is 10.6 Å². The zero-order chi connectivity index (χ0) is 21.8. The number of hydrogen-bond donors (Lipinski definition) is 2. The topological polar surface area (TPSA) is 84.7 Å². The van der Waals surface area contributed by atoms with Crippen LogP contribution in [0.2, 0.25) is 0 Å². The summed E-state index contributed by atoms with van der Waals surface area (Å²) >= 11 is 0. The third-order valence-corrected chi connectivity index (χ3v) is 4.56. The van der Waals surface area contributed by atoms with Gasteiger partial charge in [0.05, 0.1) is 18.0 Å². The van der Waals surface area contributed by atoms with Crippen LogP contribution in [0.1, 0.15) is 27.0 Å². The standard InChI is InChI=1S/C23H21FN6O/c1-15-8-16(2)10-19(9-15)28-23-26-13-20(24)21(29-23)30-14-18(12-27-30)22(31)25-11-17-6-4-3-5-7-17/h3-10,12-14H,11H2,1-2H3,(H,25,31)(H,26,28,29). The number of carbonyl (C=O) groups excluding carboxylic acids is 1. The highest BCUT2D eigenvalue weighted by atomic mass is 19.1. The lowest BCUT2D eigenvalue weighted by molar-refractivity contribution is 0.0951. The second kappa shape index (κ2) is 8.74. The Morgan fingerprint density at radius 2 is 1.81 bits per heavy atom. The number of aryl methyl sites for hydroxylation is 2. The van der Waals surface area contributed by atoms with Crippen LogP contribution in [0.3, 0.4) is 0 Å². The monoisotopic (exact) mass is 416 g/mol. The van der Waals surface area contributed by atoms with Crippen LogP contribution in [0.4, 0.5) is 16.0 Å². The third kappa shape index (κ3) is 4.92. The van der Waals surface area contributed by atoms with Crippen LogP contribution in [0, 0.1) is 19.7 Å². The van der Waals surface area contributed by atoms with Gasteiger partial charge in [-0.15, -0.1) is 0 Å². The summed E-state index contributed by atoms with van der Waals surface area (Å²) in [5, 5.41) is 10.00. The first-order valence-corrected chi connectivity index (χ1v) is 9.73. The highest BCUT2D eigenvalue weighted by molar-refractivity contribution is 5.93. The first-order chi connectivity index (χ1) is 15.0. The third-order valence-electron chi connectivity index (χ3n) is 4.56. The van der Waals surface area contributed by atoms with Crippen LogP contribution in [0.5, 0.6) is 0 Å². The van der Waals surface area contributed by atoms with Gasteiger partial charge in [0.2, 0.25) is 5.95 Å². The molecule has 156 valence electrons. The average Bonchev–Trinajstić information content (AvgIpc) is 3.23. The van der Waals surface area contributed by atoms with Crippen molar-refractivity contribution in [1.29, 1.82) is 0 Å². The number of benzene rings is 2. The minimum Gasteiger partial charge on any atom is -0.348 e. The molecule has 2 aromatic heterocycles. The van der Waals surface area contributed by atoms with E-state index in [1.807, 2.05) is 56.3 Å². The van der Waals surface area contributed by atoms with Crippen molar-refractivity contribution >= 4 is 17.5 Å². The average molecular weight is 416 g/mol. The summed E-state index contributed by atoms with van der Waals surface area (Å²) in [7, 11) is 0. The van der Waals surface area contributed by atoms with Crippen molar-refractivity contribution < 1.29 is 9.18 Å². The van der Waals surface area contributed by atoms with E-state index in [1.165, 1.54) is 17.1 Å². The quantitative estimate of drug-likeness (QED) is 0.495. The van der Waals surface area contributed by atoms with Crippen LogP contribution >= 0.6 is 0 Å². The van der Waals surface area contributed by atoms with E-state index in [0.29, 0.717) is 12.1 Å². The molecule has 0 unspecified atom stereocenters. The predicted octanol–water partition coefficient (Wildman–Crippen LogP) is 4.09. The molecule has 31 heavy (non-hydrogen) atoms. The van der Waals surface area contributed by atoms with Gasteiger partial charge in [-0.1, -0.05) is 36.4 Å². The summed E-state index contributed by atoms with van der Waals surface area (Å²) in [6, 6.07) is 15.5. The first-order valence-electron chi connectivity index (χ1n) is 9.73. The largest absolute Gasteiger partial charge is 0.348 e. The predicted molar refractivity (Wildman–Crippen MR) is 116 cm³/mol. The van der Waals surface area contributed by atoms with Crippen molar-refractivity contribution in [2.75, 3.05) is 5.32 Å². The molecule has 0 fully saturated rings. The van der Waals surface area contributed by atoms with Gasteiger partial charge in [-0.3, -0.25) is 4.79 Å². The van der Waals surface area contributed by atoms with E-state index in [4.69, 9.17) is 0 Å². The Hall–Kier alpha value is -4.07. The van der Waals surface area contributed by atoms with Crippen molar-refractivity contribution in [1.82, 2.24) is 25.1 Å². The maximum absolute atomic E-state index is 14.4. The molecule has 0 spiro atoms. The van der Waals surface area contributed by atoms with Crippen molar-refractivity contribution in [3.05, 3.63) is 95.2 Å². The Morgan fingerprint density at radius 3 is 2.55 bits per heavy atom. The molecule has 8 heteroatoms. The second-order valence-electron chi connectivity index (χ2n) is 7.21. The van der Waals surface area contributed by atoms with Gasteiger partial charge in [0.1, 0.15) is 0 Å². The van der Waals surface area contributed by atoms with Gasteiger partial charge in [-0.25, -0.2) is 14.1 Å². The fourth-order valence-electron chi connectivity index (χ4n) is 3.19. The summed E-state index contributed by atoms with van der Waals surface area (Å²) in [6.45, 7) is 4.36. The Bertz CT molecular complexity index is 1200. The van der Waals surface area contributed by atoms with Gasteiger partial charge in [0.25, 0.3) is 5.91 Å². The van der Waals surface area contributed by atoms with E-state index in [-0.39, 0.29) is 17.7 Å². The minimum atomic E-state index is -0.648. The van der Waals surface area contributed by atoms with Crippen LogP contribution < -0.4 is 10.6 Å². The van der Waals surface area contributed by atoms with E-state index >= 15 is 0 Å². The minimum absolute atomic E-state index is 0.0519. The smallest absolute Gasteiger partial charge is 0.254 e. The fourth-order valence-corrected chi connectivity index (χ4v) is 3.19. The van der Waals surface area contributed by atoms with Crippen molar-refractivity contribution in [3.63, 3.8) is 0 Å². The molecular formula is C23H21FN6O. The lowest BCUT2D eigenvalue weighted by atomic mass is 10.1. The summed E-state index contributed by atoms with van der Waals surface area (Å²) < 4.78 is 15.6. The van der Waals surface area contributed by atoms with Gasteiger partial charge >= 0.3 is 0 Å². The van der Waals surface area contributed by atoms with Crippen LogP contribution in [0.25, 0.3) is 5.82 Å². The number of hydrogen-bond acceptors (Lipinski definition) is 5. The number of nitrogens with one attached hydrogen (secondary N) is 2. The molecule has 0 radical (unpaired) electrons. The van der Waals surface area contributed by atoms with E-state index in [9.17, 15) is 9.18 Å². The molecule has 0 atom stereocenters. The molecule has 2 heterocycles. The van der Waals surface area contributed by atoms with Gasteiger partial charge in [-0.05, 0) is 42.7 Å². The zero-order valence-corrected chi connectivity index (χ0v) is 17.1. The summed E-state index contributed by atoms with van der Waals surface area (Å²) in [4.78, 5) is 20.7. The van der Waals surface area contributed by atoms with Crippen LogP contribution in [-0.4, -0.2) is 25.7 Å². The highest BCUT2D eigenvalue weighted by Crippen LogP contribution is 2.19. The first kappa shape index (κ1) is 20.2. The maximum Gasteiger partial charge on any atom is 0.254 e. The van der Waals surface area contributed by atoms with E-state index < -0.39 is 5.82 Å². The molecule has 1 amide bonds. The van der Waals surface area contributed by atoms with Gasteiger partial charge in [0.15, 0.2) is 11.6 Å². The molecule has 2 aromatic carbocycles. The highest BCUT2D eigenvalue weighted by Gasteiger charge is 2.14. The number of halogens is 1. The molecule has 0 bridgehead atoms. The Kier molecular flexibility index (Phi) is 5.70. The molecule has 4 rings (SSSR count). The Morgan fingerprint density at radius 1 is 1.06 bits per heavy atom. The lowest BCUT2D eigenvalue weighted by Crippen LogP contribution is -2.22. The van der Waals surface area contributed by atoms with Crippen LogP contribution in [-0.2, 0) is 6.54 Å². The summed E-state index contributed by atoms with van der Waals surface area (Å²) in [6.07, 6.45) is 3.88. The molecular weight excluding hydrogens is 395 g/mol. The van der Waals surface area contributed by atoms with Gasteiger partial charge in [0, 0.05) is 18.4 Å². The molecule has 4 aromatic rings. The molecule has 0 aliphatic carbocycles. The molecule has 0 saturated heterocycles. The summed E-state index contributed by atoms with van der Waals surface area (Å²) in [5.41, 5.74) is 4.26. The Labute approximate surface area is 179 Å². The van der Waals surface area contributed by atoms with Gasteiger partial charge in [-0.2, -0.15) is 10.1 Å². The lowest BCUT2D eigenvalue weighted by Gasteiger charge is -2.09. The number of anilines is 2. The molecule has 7 nitrogen and oxygen atoms in total. The SMILES string of the molecule is Cc1cc(C)cc(Nc2ncc(F)c(-n3cc(C(=O)NCc4ccccc4)cn3)n2)c1. The summed E-state index contributed by atoms with van der Waals surface area (Å²) in [5.74, 6) is -0.778. The fraction of sp³-hybridized carbons (Fsp3) is 0.130. The number of aromatic nitrogens is 4. The number of carbonyl (C=O) groups is 1. The molecule has 0 aliphatic heterocycles. The second-order valence-corrected chi connectivity index (χ2v) is 7.21. The van der Waals surface area contributed by atoms with E-state index in [0.717, 1.165) is 28.6 Å².